The van der Waals surface area contributed by atoms with Crippen molar-refractivity contribution in [3.05, 3.63) is 59.2 Å². The van der Waals surface area contributed by atoms with Gasteiger partial charge in [-0.15, -0.1) is 0 Å². The molecule has 0 heterocycles. The third-order valence-corrected chi connectivity index (χ3v) is 4.04. The number of carbonyl (C=O) groups is 1. The fourth-order valence-corrected chi connectivity index (χ4v) is 2.84. The molecule has 0 saturated heterocycles. The molecule has 22 heavy (non-hydrogen) atoms. The third kappa shape index (κ3) is 3.30. The SMILES string of the molecule is Cc1cccc(O[C@@H](C)C(=O)Nc2ccc3c(c2)CCC3)c1. The molecular weight excluding hydrogens is 274 g/mol. The molecule has 3 heteroatoms. The van der Waals surface area contributed by atoms with Crippen LogP contribution in [0.2, 0.25) is 0 Å². The molecule has 3 nitrogen and oxygen atoms in total. The number of benzene rings is 2. The number of anilines is 1. The molecule has 2 aromatic carbocycles. The molecular formula is C19H21NO2. The van der Waals surface area contributed by atoms with E-state index in [0.717, 1.165) is 29.8 Å². The lowest BCUT2D eigenvalue weighted by Gasteiger charge is -2.15. The Morgan fingerprint density at radius 1 is 1.14 bits per heavy atom. The normalized spacial score (nSPS) is 14.3. The molecule has 114 valence electrons. The molecule has 1 aliphatic rings. The van der Waals surface area contributed by atoms with Gasteiger partial charge < -0.3 is 10.1 Å². The summed E-state index contributed by atoms with van der Waals surface area (Å²) in [4.78, 5) is 12.3. The molecule has 2 aromatic rings. The molecule has 3 rings (SSSR count). The predicted molar refractivity (Wildman–Crippen MR) is 88.4 cm³/mol. The van der Waals surface area contributed by atoms with E-state index < -0.39 is 6.10 Å². The molecule has 1 N–H and O–H groups in total. The number of carbonyl (C=O) groups excluding carboxylic acids is 1. The van der Waals surface area contributed by atoms with Crippen molar-refractivity contribution in [1.82, 2.24) is 0 Å². The van der Waals surface area contributed by atoms with E-state index in [1.54, 1.807) is 6.92 Å². The number of aryl methyl sites for hydroxylation is 3. The number of fused-ring (bicyclic) bond motifs is 1. The second kappa shape index (κ2) is 6.22. The van der Waals surface area contributed by atoms with E-state index in [4.69, 9.17) is 4.74 Å². The summed E-state index contributed by atoms with van der Waals surface area (Å²) in [6.45, 7) is 3.77. The molecule has 0 aromatic heterocycles. The number of hydrogen-bond donors (Lipinski definition) is 1. The Hall–Kier alpha value is -2.29. The fraction of sp³-hybridized carbons (Fsp3) is 0.316. The summed E-state index contributed by atoms with van der Waals surface area (Å²) in [6, 6.07) is 13.9. The van der Waals surface area contributed by atoms with Crippen LogP contribution in [0.15, 0.2) is 42.5 Å². The fourth-order valence-electron chi connectivity index (χ4n) is 2.84. The first-order valence-corrected chi connectivity index (χ1v) is 7.78. The van der Waals surface area contributed by atoms with Gasteiger partial charge in [-0.25, -0.2) is 0 Å². The van der Waals surface area contributed by atoms with E-state index in [2.05, 4.69) is 17.4 Å². The lowest BCUT2D eigenvalue weighted by atomic mass is 10.1. The van der Waals surface area contributed by atoms with Crippen molar-refractivity contribution < 1.29 is 9.53 Å². The highest BCUT2D eigenvalue weighted by molar-refractivity contribution is 5.94. The van der Waals surface area contributed by atoms with Crippen LogP contribution in [0.4, 0.5) is 5.69 Å². The molecule has 0 aliphatic heterocycles. The molecule has 0 radical (unpaired) electrons. The maximum absolute atomic E-state index is 12.3. The van der Waals surface area contributed by atoms with Gasteiger partial charge in [-0.1, -0.05) is 18.2 Å². The lowest BCUT2D eigenvalue weighted by molar-refractivity contribution is -0.122. The van der Waals surface area contributed by atoms with Gasteiger partial charge in [0.15, 0.2) is 6.10 Å². The Morgan fingerprint density at radius 2 is 1.95 bits per heavy atom. The van der Waals surface area contributed by atoms with E-state index in [-0.39, 0.29) is 5.91 Å². The average Bonchev–Trinajstić information content (AvgIpc) is 2.94. The van der Waals surface area contributed by atoms with Crippen molar-refractivity contribution in [2.45, 2.75) is 39.2 Å². The highest BCUT2D eigenvalue weighted by atomic mass is 16.5. The molecule has 0 fully saturated rings. The maximum Gasteiger partial charge on any atom is 0.265 e. The van der Waals surface area contributed by atoms with Gasteiger partial charge in [0, 0.05) is 5.69 Å². The van der Waals surface area contributed by atoms with E-state index in [1.165, 1.54) is 17.5 Å². The van der Waals surface area contributed by atoms with Crippen LogP contribution in [0.25, 0.3) is 0 Å². The van der Waals surface area contributed by atoms with Crippen molar-refractivity contribution >= 4 is 11.6 Å². The minimum absolute atomic E-state index is 0.126. The van der Waals surface area contributed by atoms with Crippen molar-refractivity contribution in [3.8, 4) is 5.75 Å². The van der Waals surface area contributed by atoms with Crippen LogP contribution >= 0.6 is 0 Å². The first-order chi connectivity index (χ1) is 10.6. The first kappa shape index (κ1) is 14.6. The minimum Gasteiger partial charge on any atom is -0.481 e. The molecule has 1 amide bonds. The zero-order chi connectivity index (χ0) is 15.5. The van der Waals surface area contributed by atoms with E-state index >= 15 is 0 Å². The second-order valence-corrected chi connectivity index (χ2v) is 5.90. The van der Waals surface area contributed by atoms with Crippen LogP contribution in [0, 0.1) is 6.92 Å². The molecule has 1 aliphatic carbocycles. The van der Waals surface area contributed by atoms with Gasteiger partial charge in [-0.3, -0.25) is 4.79 Å². The van der Waals surface area contributed by atoms with Gasteiger partial charge in [-0.05, 0) is 74.1 Å². The topological polar surface area (TPSA) is 38.3 Å². The number of ether oxygens (including phenoxy) is 1. The number of amides is 1. The zero-order valence-corrected chi connectivity index (χ0v) is 13.1. The molecule has 0 bridgehead atoms. The van der Waals surface area contributed by atoms with Crippen molar-refractivity contribution in [2.24, 2.45) is 0 Å². The summed E-state index contributed by atoms with van der Waals surface area (Å²) in [7, 11) is 0. The van der Waals surface area contributed by atoms with Gasteiger partial charge in [0.2, 0.25) is 0 Å². The monoisotopic (exact) mass is 295 g/mol. The number of nitrogens with one attached hydrogen (secondary N) is 1. The molecule has 0 unspecified atom stereocenters. The van der Waals surface area contributed by atoms with Gasteiger partial charge in [0.05, 0.1) is 0 Å². The number of hydrogen-bond acceptors (Lipinski definition) is 2. The Kier molecular flexibility index (Phi) is 4.14. The van der Waals surface area contributed by atoms with Gasteiger partial charge in [0.25, 0.3) is 5.91 Å². The highest BCUT2D eigenvalue weighted by Gasteiger charge is 2.16. The van der Waals surface area contributed by atoms with Gasteiger partial charge >= 0.3 is 0 Å². The first-order valence-electron chi connectivity index (χ1n) is 7.78. The second-order valence-electron chi connectivity index (χ2n) is 5.90. The van der Waals surface area contributed by atoms with Gasteiger partial charge in [0.1, 0.15) is 5.75 Å². The summed E-state index contributed by atoms with van der Waals surface area (Å²) in [5, 5.41) is 2.94. The van der Waals surface area contributed by atoms with Crippen LogP contribution in [0.5, 0.6) is 5.75 Å². The highest BCUT2D eigenvalue weighted by Crippen LogP contribution is 2.25. The summed E-state index contributed by atoms with van der Waals surface area (Å²) in [5.74, 6) is 0.594. The van der Waals surface area contributed by atoms with Crippen molar-refractivity contribution in [1.29, 1.82) is 0 Å². The predicted octanol–water partition coefficient (Wildman–Crippen LogP) is 3.89. The van der Waals surface area contributed by atoms with Crippen LogP contribution < -0.4 is 10.1 Å². The number of rotatable bonds is 4. The van der Waals surface area contributed by atoms with Crippen molar-refractivity contribution in [3.63, 3.8) is 0 Å². The van der Waals surface area contributed by atoms with E-state index in [9.17, 15) is 4.79 Å². The largest absolute Gasteiger partial charge is 0.481 e. The Bertz CT molecular complexity index is 694. The van der Waals surface area contributed by atoms with Crippen LogP contribution in [-0.4, -0.2) is 12.0 Å². The Morgan fingerprint density at radius 3 is 2.77 bits per heavy atom. The lowest BCUT2D eigenvalue weighted by Crippen LogP contribution is -2.30. The summed E-state index contributed by atoms with van der Waals surface area (Å²) in [6.07, 6.45) is 2.93. The smallest absolute Gasteiger partial charge is 0.265 e. The summed E-state index contributed by atoms with van der Waals surface area (Å²) >= 11 is 0. The average molecular weight is 295 g/mol. The van der Waals surface area contributed by atoms with Crippen LogP contribution in [0.1, 0.15) is 30.0 Å². The molecule has 0 saturated carbocycles. The molecule has 1 atom stereocenters. The summed E-state index contributed by atoms with van der Waals surface area (Å²) in [5.41, 5.74) is 4.72. The summed E-state index contributed by atoms with van der Waals surface area (Å²) < 4.78 is 5.71. The maximum atomic E-state index is 12.3. The molecule has 0 spiro atoms. The van der Waals surface area contributed by atoms with E-state index in [1.807, 2.05) is 37.3 Å². The standard InChI is InChI=1S/C19H21NO2/c1-13-5-3-8-18(11-13)22-14(2)19(21)20-17-10-9-15-6-4-7-16(15)12-17/h3,5,8-12,14H,4,6-7H2,1-2H3,(H,20,21)/t14-/m0/s1. The quantitative estimate of drug-likeness (QED) is 0.929. The van der Waals surface area contributed by atoms with E-state index in [0.29, 0.717) is 0 Å². The zero-order valence-electron chi connectivity index (χ0n) is 13.1. The van der Waals surface area contributed by atoms with Gasteiger partial charge in [-0.2, -0.15) is 0 Å². The third-order valence-electron chi connectivity index (χ3n) is 4.04. The minimum atomic E-state index is -0.532. The van der Waals surface area contributed by atoms with Crippen LogP contribution in [-0.2, 0) is 17.6 Å². The van der Waals surface area contributed by atoms with Crippen LogP contribution in [0.3, 0.4) is 0 Å². The Labute approximate surface area is 131 Å². The Balaban J connectivity index is 1.64. The van der Waals surface area contributed by atoms with Crippen molar-refractivity contribution in [2.75, 3.05) is 5.32 Å².